The number of anilines is 1. The predicted octanol–water partition coefficient (Wildman–Crippen LogP) is 5.31. The minimum Gasteiger partial charge on any atom is -0.325 e. The highest BCUT2D eigenvalue weighted by atomic mass is 35.5. The second-order valence-electron chi connectivity index (χ2n) is 6.83. The average Bonchev–Trinajstić information content (AvgIpc) is 2.89. The van der Waals surface area contributed by atoms with Crippen LogP contribution in [-0.4, -0.2) is 5.91 Å². The molecule has 3 rings (SSSR count). The zero-order chi connectivity index (χ0) is 15.4. The van der Waals surface area contributed by atoms with Crippen LogP contribution in [-0.2, 0) is 4.79 Å². The first kappa shape index (κ1) is 14.9. The van der Waals surface area contributed by atoms with Crippen molar-refractivity contribution in [2.75, 3.05) is 5.32 Å². The number of rotatable bonds is 2. The minimum atomic E-state index is -0.428. The standard InChI is InChI=1S/C17H19Cl2NO/c1-10-16(2,3)11-4-5-17(10,9-11)15(21)20-14-7-12(18)6-13(19)8-14/h6-8,11H,1,4-5,9H2,2-3H3,(H,20,21). The molecule has 0 aromatic heterocycles. The van der Waals surface area contributed by atoms with Gasteiger partial charge in [-0.3, -0.25) is 4.79 Å². The number of hydrogen-bond donors (Lipinski definition) is 1. The van der Waals surface area contributed by atoms with E-state index in [1.165, 1.54) is 0 Å². The highest BCUT2D eigenvalue weighted by molar-refractivity contribution is 6.35. The van der Waals surface area contributed by atoms with E-state index >= 15 is 0 Å². The van der Waals surface area contributed by atoms with Crippen LogP contribution < -0.4 is 5.32 Å². The molecule has 4 heteroatoms. The molecular weight excluding hydrogens is 305 g/mol. The van der Waals surface area contributed by atoms with Crippen LogP contribution in [0.4, 0.5) is 5.69 Å². The van der Waals surface area contributed by atoms with Crippen LogP contribution in [0.5, 0.6) is 0 Å². The van der Waals surface area contributed by atoms with Gasteiger partial charge < -0.3 is 5.32 Å². The molecule has 2 bridgehead atoms. The van der Waals surface area contributed by atoms with E-state index in [1.807, 2.05) is 0 Å². The summed E-state index contributed by atoms with van der Waals surface area (Å²) >= 11 is 12.0. The smallest absolute Gasteiger partial charge is 0.234 e. The first-order chi connectivity index (χ1) is 9.75. The van der Waals surface area contributed by atoms with Crippen molar-refractivity contribution < 1.29 is 4.79 Å². The maximum Gasteiger partial charge on any atom is 0.234 e. The summed E-state index contributed by atoms with van der Waals surface area (Å²) in [7, 11) is 0. The highest BCUT2D eigenvalue weighted by Gasteiger charge is 2.60. The molecule has 0 saturated heterocycles. The lowest BCUT2D eigenvalue weighted by Gasteiger charge is -2.37. The fraction of sp³-hybridized carbons (Fsp3) is 0.471. The number of halogens is 2. The second-order valence-corrected chi connectivity index (χ2v) is 7.71. The highest BCUT2D eigenvalue weighted by Crippen LogP contribution is 2.65. The number of hydrogen-bond acceptors (Lipinski definition) is 1. The van der Waals surface area contributed by atoms with Crippen LogP contribution in [0.15, 0.2) is 30.4 Å². The van der Waals surface area contributed by atoms with E-state index in [2.05, 4.69) is 25.7 Å². The molecule has 0 heterocycles. The van der Waals surface area contributed by atoms with Crippen LogP contribution in [0.3, 0.4) is 0 Å². The van der Waals surface area contributed by atoms with Crippen LogP contribution >= 0.6 is 23.2 Å². The van der Waals surface area contributed by atoms with Crippen molar-refractivity contribution in [2.45, 2.75) is 33.1 Å². The topological polar surface area (TPSA) is 29.1 Å². The van der Waals surface area contributed by atoms with E-state index in [9.17, 15) is 4.79 Å². The molecule has 2 unspecified atom stereocenters. The molecule has 2 aliphatic carbocycles. The van der Waals surface area contributed by atoms with Gasteiger partial charge in [0.15, 0.2) is 0 Å². The van der Waals surface area contributed by atoms with Gasteiger partial charge in [-0.1, -0.05) is 49.2 Å². The minimum absolute atomic E-state index is 0.0268. The maximum absolute atomic E-state index is 12.9. The molecule has 0 spiro atoms. The van der Waals surface area contributed by atoms with E-state index in [1.54, 1.807) is 18.2 Å². The Morgan fingerprint density at radius 3 is 2.43 bits per heavy atom. The van der Waals surface area contributed by atoms with E-state index in [0.29, 0.717) is 21.7 Å². The van der Waals surface area contributed by atoms with Crippen LogP contribution in [0.1, 0.15) is 33.1 Å². The van der Waals surface area contributed by atoms with Crippen molar-refractivity contribution in [2.24, 2.45) is 16.7 Å². The second kappa shape index (κ2) is 4.76. The molecule has 1 aromatic rings. The van der Waals surface area contributed by atoms with Gasteiger partial charge in [-0.15, -0.1) is 0 Å². The molecular formula is C17H19Cl2NO. The SMILES string of the molecule is C=C1C2(C(=O)Nc3cc(Cl)cc(Cl)c3)CCC(C2)C1(C)C. The Bertz CT molecular complexity index is 617. The van der Waals surface area contributed by atoms with Gasteiger partial charge in [0, 0.05) is 15.7 Å². The summed E-state index contributed by atoms with van der Waals surface area (Å²) in [6.45, 7) is 8.64. The molecule has 21 heavy (non-hydrogen) atoms. The Balaban J connectivity index is 1.88. The molecule has 0 radical (unpaired) electrons. The number of benzene rings is 1. The van der Waals surface area contributed by atoms with Crippen molar-refractivity contribution in [3.63, 3.8) is 0 Å². The van der Waals surface area contributed by atoms with E-state index in [0.717, 1.165) is 24.8 Å². The summed E-state index contributed by atoms with van der Waals surface area (Å²) in [6, 6.07) is 5.09. The Hall–Kier alpha value is -0.990. The number of carbonyl (C=O) groups is 1. The fourth-order valence-corrected chi connectivity index (χ4v) is 4.54. The summed E-state index contributed by atoms with van der Waals surface area (Å²) in [5.41, 5.74) is 1.33. The van der Waals surface area contributed by atoms with Crippen molar-refractivity contribution >= 4 is 34.8 Å². The number of nitrogens with one attached hydrogen (secondary N) is 1. The van der Waals surface area contributed by atoms with Crippen molar-refractivity contribution in [3.8, 4) is 0 Å². The molecule has 2 fully saturated rings. The zero-order valence-electron chi connectivity index (χ0n) is 12.3. The molecule has 2 nitrogen and oxygen atoms in total. The van der Waals surface area contributed by atoms with Gasteiger partial charge in [-0.25, -0.2) is 0 Å². The van der Waals surface area contributed by atoms with Crippen molar-refractivity contribution in [1.82, 2.24) is 0 Å². The summed E-state index contributed by atoms with van der Waals surface area (Å²) < 4.78 is 0. The average molecular weight is 324 g/mol. The maximum atomic E-state index is 12.9. The molecule has 2 aliphatic rings. The third-order valence-electron chi connectivity index (χ3n) is 5.45. The molecule has 1 amide bonds. The Kier molecular flexibility index (Phi) is 3.38. The lowest BCUT2D eigenvalue weighted by Crippen LogP contribution is -2.37. The monoisotopic (exact) mass is 323 g/mol. The van der Waals surface area contributed by atoms with Gasteiger partial charge in [0.2, 0.25) is 5.91 Å². The third kappa shape index (κ3) is 2.20. The third-order valence-corrected chi connectivity index (χ3v) is 5.88. The normalized spacial score (nSPS) is 29.7. The summed E-state index contributed by atoms with van der Waals surface area (Å²) in [4.78, 5) is 12.9. The number of fused-ring (bicyclic) bond motifs is 2. The molecule has 2 saturated carbocycles. The van der Waals surface area contributed by atoms with Crippen LogP contribution in [0.25, 0.3) is 0 Å². The zero-order valence-corrected chi connectivity index (χ0v) is 13.8. The Morgan fingerprint density at radius 1 is 1.29 bits per heavy atom. The van der Waals surface area contributed by atoms with Gasteiger partial charge in [0.25, 0.3) is 0 Å². The van der Waals surface area contributed by atoms with Crippen LogP contribution in [0.2, 0.25) is 10.0 Å². The van der Waals surface area contributed by atoms with Crippen molar-refractivity contribution in [3.05, 3.63) is 40.4 Å². The molecule has 1 N–H and O–H groups in total. The first-order valence-electron chi connectivity index (χ1n) is 7.23. The van der Waals surface area contributed by atoms with Gasteiger partial charge in [-0.05, 0) is 48.8 Å². The Labute approximate surface area is 135 Å². The van der Waals surface area contributed by atoms with Crippen molar-refractivity contribution in [1.29, 1.82) is 0 Å². The van der Waals surface area contributed by atoms with Gasteiger partial charge in [0.1, 0.15) is 0 Å². The molecule has 2 atom stereocenters. The molecule has 0 aliphatic heterocycles. The Morgan fingerprint density at radius 2 is 1.90 bits per heavy atom. The predicted molar refractivity (Wildman–Crippen MR) is 87.8 cm³/mol. The number of carbonyl (C=O) groups excluding carboxylic acids is 1. The largest absolute Gasteiger partial charge is 0.325 e. The van der Waals surface area contributed by atoms with Gasteiger partial charge in [-0.2, -0.15) is 0 Å². The summed E-state index contributed by atoms with van der Waals surface area (Å²) in [5, 5.41) is 4.02. The van der Waals surface area contributed by atoms with Crippen LogP contribution in [0, 0.1) is 16.7 Å². The quantitative estimate of drug-likeness (QED) is 0.734. The molecule has 112 valence electrons. The van der Waals surface area contributed by atoms with E-state index < -0.39 is 5.41 Å². The van der Waals surface area contributed by atoms with Gasteiger partial charge in [0.05, 0.1) is 5.41 Å². The lowest BCUT2D eigenvalue weighted by atomic mass is 9.68. The lowest BCUT2D eigenvalue weighted by molar-refractivity contribution is -0.123. The molecule has 1 aromatic carbocycles. The van der Waals surface area contributed by atoms with Gasteiger partial charge >= 0.3 is 0 Å². The summed E-state index contributed by atoms with van der Waals surface area (Å²) in [5.74, 6) is 0.581. The van der Waals surface area contributed by atoms with E-state index in [-0.39, 0.29) is 11.3 Å². The first-order valence-corrected chi connectivity index (χ1v) is 7.99. The fourth-order valence-electron chi connectivity index (χ4n) is 4.02. The van der Waals surface area contributed by atoms with E-state index in [4.69, 9.17) is 23.2 Å². The number of amides is 1. The summed E-state index contributed by atoms with van der Waals surface area (Å²) in [6.07, 6.45) is 2.88.